The molecule has 0 bridgehead atoms. The van der Waals surface area contributed by atoms with Crippen LogP contribution in [-0.4, -0.2) is 25.8 Å². The molecule has 2 nitrogen and oxygen atoms in total. The van der Waals surface area contributed by atoms with Crippen LogP contribution in [-0.2, 0) is 4.74 Å². The maximum absolute atomic E-state index is 5.92. The largest absolute Gasteiger partial charge is 0.383 e. The minimum atomic E-state index is 0.506. The van der Waals surface area contributed by atoms with Gasteiger partial charge in [-0.25, -0.2) is 0 Å². The molecular formula is C16H24ClNO. The first-order chi connectivity index (χ1) is 9.22. The third-order valence-electron chi connectivity index (χ3n) is 3.96. The molecule has 1 aromatic carbocycles. The Labute approximate surface area is 121 Å². The number of rotatable bonds is 7. The van der Waals surface area contributed by atoms with E-state index in [2.05, 4.69) is 24.4 Å². The molecule has 0 saturated heterocycles. The molecule has 0 aliphatic heterocycles. The van der Waals surface area contributed by atoms with E-state index in [0.29, 0.717) is 18.0 Å². The van der Waals surface area contributed by atoms with Crippen molar-refractivity contribution in [1.29, 1.82) is 0 Å². The Kier molecular flexibility index (Phi) is 5.68. The van der Waals surface area contributed by atoms with Crippen molar-refractivity contribution in [1.82, 2.24) is 5.32 Å². The highest BCUT2D eigenvalue weighted by Gasteiger charge is 2.31. The van der Waals surface area contributed by atoms with Crippen LogP contribution in [0, 0.1) is 0 Å². The van der Waals surface area contributed by atoms with Gasteiger partial charge in [-0.05, 0) is 42.9 Å². The summed E-state index contributed by atoms with van der Waals surface area (Å²) in [6.45, 7) is 3.04. The van der Waals surface area contributed by atoms with Crippen molar-refractivity contribution in [3.05, 3.63) is 34.9 Å². The summed E-state index contributed by atoms with van der Waals surface area (Å²) < 4.78 is 5.27. The lowest BCUT2D eigenvalue weighted by molar-refractivity contribution is 0.141. The van der Waals surface area contributed by atoms with Gasteiger partial charge in [0.15, 0.2) is 0 Å². The summed E-state index contributed by atoms with van der Waals surface area (Å²) in [5.41, 5.74) is 1.42. The van der Waals surface area contributed by atoms with E-state index in [1.165, 1.54) is 31.2 Å². The van der Waals surface area contributed by atoms with E-state index in [0.717, 1.165) is 11.6 Å². The zero-order valence-electron chi connectivity index (χ0n) is 11.9. The molecule has 0 aromatic heterocycles. The van der Waals surface area contributed by atoms with Gasteiger partial charge < -0.3 is 10.1 Å². The summed E-state index contributed by atoms with van der Waals surface area (Å²) in [6.07, 6.45) is 4.85. The molecule has 0 heterocycles. The second-order valence-electron chi connectivity index (χ2n) is 5.52. The van der Waals surface area contributed by atoms with Gasteiger partial charge in [-0.3, -0.25) is 0 Å². The molecule has 0 amide bonds. The summed E-state index contributed by atoms with van der Waals surface area (Å²) in [7, 11) is 1.78. The smallest absolute Gasteiger partial charge is 0.0615 e. The zero-order valence-corrected chi connectivity index (χ0v) is 12.6. The van der Waals surface area contributed by atoms with Crippen molar-refractivity contribution in [3.8, 4) is 0 Å². The van der Waals surface area contributed by atoms with Gasteiger partial charge in [0, 0.05) is 24.2 Å². The number of benzene rings is 1. The predicted octanol–water partition coefficient (Wildman–Crippen LogP) is 3.99. The first kappa shape index (κ1) is 14.8. The van der Waals surface area contributed by atoms with E-state index < -0.39 is 0 Å². The third kappa shape index (κ3) is 4.20. The van der Waals surface area contributed by atoms with E-state index in [1.54, 1.807) is 7.11 Å². The highest BCUT2D eigenvalue weighted by molar-refractivity contribution is 6.30. The minimum absolute atomic E-state index is 0.506. The molecule has 1 aliphatic rings. The molecule has 1 fully saturated rings. The van der Waals surface area contributed by atoms with Gasteiger partial charge in [-0.15, -0.1) is 0 Å². The molecule has 1 unspecified atom stereocenters. The van der Waals surface area contributed by atoms with Crippen LogP contribution in [0.25, 0.3) is 0 Å². The summed E-state index contributed by atoms with van der Waals surface area (Å²) in [5, 5.41) is 4.54. The lowest BCUT2D eigenvalue weighted by Gasteiger charge is -2.38. The molecule has 106 valence electrons. The van der Waals surface area contributed by atoms with Crippen LogP contribution in [0.2, 0.25) is 5.02 Å². The van der Waals surface area contributed by atoms with Gasteiger partial charge in [0.05, 0.1) is 6.61 Å². The summed E-state index contributed by atoms with van der Waals surface area (Å²) in [6, 6.07) is 9.44. The highest BCUT2D eigenvalue weighted by atomic mass is 35.5. The number of ether oxygens (including phenoxy) is 1. The van der Waals surface area contributed by atoms with Crippen molar-refractivity contribution < 1.29 is 4.74 Å². The fraction of sp³-hybridized carbons (Fsp3) is 0.625. The second kappa shape index (κ2) is 7.28. The highest BCUT2D eigenvalue weighted by Crippen LogP contribution is 2.37. The van der Waals surface area contributed by atoms with E-state index in [4.69, 9.17) is 16.3 Å². The fourth-order valence-corrected chi connectivity index (χ4v) is 2.98. The van der Waals surface area contributed by atoms with Crippen LogP contribution in [0.4, 0.5) is 0 Å². The maximum atomic E-state index is 5.92. The molecule has 1 atom stereocenters. The Hall–Kier alpha value is -0.570. The van der Waals surface area contributed by atoms with Crippen molar-refractivity contribution in [2.45, 2.75) is 50.6 Å². The summed E-state index contributed by atoms with van der Waals surface area (Å²) >= 11 is 5.92. The van der Waals surface area contributed by atoms with E-state index in [9.17, 15) is 0 Å². The average molecular weight is 282 g/mol. The average Bonchev–Trinajstić information content (AvgIpc) is 2.35. The zero-order chi connectivity index (χ0) is 13.7. The normalized spacial score (nSPS) is 23.9. The SMILES string of the molecule is CCCC(COC)NC1CC(c2ccc(Cl)cc2)C1. The molecule has 1 aliphatic carbocycles. The van der Waals surface area contributed by atoms with Crippen molar-refractivity contribution in [3.63, 3.8) is 0 Å². The minimum Gasteiger partial charge on any atom is -0.383 e. The topological polar surface area (TPSA) is 21.3 Å². The molecule has 1 saturated carbocycles. The number of hydrogen-bond donors (Lipinski definition) is 1. The van der Waals surface area contributed by atoms with Crippen LogP contribution in [0.15, 0.2) is 24.3 Å². The van der Waals surface area contributed by atoms with Gasteiger partial charge in [-0.1, -0.05) is 37.1 Å². The molecule has 3 heteroatoms. The Morgan fingerprint density at radius 2 is 2.00 bits per heavy atom. The molecular weight excluding hydrogens is 258 g/mol. The lowest BCUT2D eigenvalue weighted by atomic mass is 9.75. The lowest BCUT2D eigenvalue weighted by Crippen LogP contribution is -2.47. The van der Waals surface area contributed by atoms with Gasteiger partial charge in [-0.2, -0.15) is 0 Å². The maximum Gasteiger partial charge on any atom is 0.0615 e. The fourth-order valence-electron chi connectivity index (χ4n) is 2.86. The van der Waals surface area contributed by atoms with Crippen molar-refractivity contribution in [2.75, 3.05) is 13.7 Å². The number of nitrogens with one attached hydrogen (secondary N) is 1. The van der Waals surface area contributed by atoms with E-state index in [-0.39, 0.29) is 0 Å². The molecule has 1 aromatic rings. The van der Waals surface area contributed by atoms with E-state index in [1.807, 2.05) is 12.1 Å². The van der Waals surface area contributed by atoms with Gasteiger partial charge >= 0.3 is 0 Å². The Morgan fingerprint density at radius 1 is 1.32 bits per heavy atom. The van der Waals surface area contributed by atoms with Crippen LogP contribution in [0.3, 0.4) is 0 Å². The first-order valence-corrected chi connectivity index (χ1v) is 7.61. The Balaban J connectivity index is 1.77. The van der Waals surface area contributed by atoms with Crippen LogP contribution < -0.4 is 5.32 Å². The van der Waals surface area contributed by atoms with Crippen molar-refractivity contribution >= 4 is 11.6 Å². The molecule has 2 rings (SSSR count). The monoisotopic (exact) mass is 281 g/mol. The van der Waals surface area contributed by atoms with Crippen LogP contribution >= 0.6 is 11.6 Å². The molecule has 19 heavy (non-hydrogen) atoms. The second-order valence-corrected chi connectivity index (χ2v) is 5.96. The first-order valence-electron chi connectivity index (χ1n) is 7.23. The number of methoxy groups -OCH3 is 1. The Bertz CT molecular complexity index is 367. The van der Waals surface area contributed by atoms with Gasteiger partial charge in [0.1, 0.15) is 0 Å². The van der Waals surface area contributed by atoms with Crippen molar-refractivity contribution in [2.24, 2.45) is 0 Å². The quantitative estimate of drug-likeness (QED) is 0.816. The molecule has 1 N–H and O–H groups in total. The van der Waals surface area contributed by atoms with Gasteiger partial charge in [0.25, 0.3) is 0 Å². The number of hydrogen-bond acceptors (Lipinski definition) is 2. The summed E-state index contributed by atoms with van der Waals surface area (Å²) in [4.78, 5) is 0. The Morgan fingerprint density at radius 3 is 2.58 bits per heavy atom. The standard InChI is InChI=1S/C16H24ClNO/c1-3-4-15(11-19-2)18-16-9-13(10-16)12-5-7-14(17)8-6-12/h5-8,13,15-16,18H,3-4,9-11H2,1-2H3. The molecule has 0 radical (unpaired) electrons. The van der Waals surface area contributed by atoms with Gasteiger partial charge in [0.2, 0.25) is 0 Å². The van der Waals surface area contributed by atoms with Crippen LogP contribution in [0.5, 0.6) is 0 Å². The third-order valence-corrected chi connectivity index (χ3v) is 4.21. The summed E-state index contributed by atoms with van der Waals surface area (Å²) in [5.74, 6) is 0.694. The molecule has 0 spiro atoms. The predicted molar refractivity (Wildman–Crippen MR) is 80.9 cm³/mol. The van der Waals surface area contributed by atoms with E-state index >= 15 is 0 Å². The van der Waals surface area contributed by atoms with Crippen LogP contribution in [0.1, 0.15) is 44.1 Å². The number of halogens is 1.